The number of anilines is 1. The predicted octanol–water partition coefficient (Wildman–Crippen LogP) is 1.10. The largest absolute Gasteiger partial charge is 0.454 e. The average Bonchev–Trinajstić information content (AvgIpc) is 2.32. The van der Waals surface area contributed by atoms with Crippen LogP contribution in [0, 0.1) is 0 Å². The Balaban J connectivity index is 2.39. The van der Waals surface area contributed by atoms with Crippen LogP contribution in [0.2, 0.25) is 0 Å². The van der Waals surface area contributed by atoms with Crippen LogP contribution in [0.15, 0.2) is 47.6 Å². The van der Waals surface area contributed by atoms with Crippen LogP contribution in [0.5, 0.6) is 11.5 Å². The monoisotopic (exact) mass is 265 g/mol. The fourth-order valence-corrected chi connectivity index (χ4v) is 1.84. The highest BCUT2D eigenvalue weighted by atomic mass is 32.2. The number of nitrogens with two attached hydrogens (primary N) is 2. The topological polar surface area (TPSA) is 108 Å². The summed E-state index contributed by atoms with van der Waals surface area (Å²) in [6.45, 7) is 0. The lowest BCUT2D eigenvalue weighted by atomic mass is 10.3. The van der Waals surface area contributed by atoms with Gasteiger partial charge in [-0.25, -0.2) is 13.6 Å². The van der Waals surface area contributed by atoms with Crippen molar-refractivity contribution in [2.45, 2.75) is 4.90 Å². The highest BCUT2D eigenvalue weighted by Crippen LogP contribution is 2.29. The van der Waals surface area contributed by atoms with E-state index in [1.807, 2.05) is 0 Å². The van der Waals surface area contributed by atoms with Crippen LogP contribution in [0.1, 0.15) is 0 Å². The average molecular weight is 265 g/mol. The lowest BCUT2D eigenvalue weighted by molar-refractivity contribution is 0.481. The molecule has 2 rings (SSSR count). The highest BCUT2D eigenvalue weighted by molar-refractivity contribution is 7.89. The molecule has 0 atom stereocenters. The van der Waals surface area contributed by atoms with E-state index < -0.39 is 10.0 Å². The van der Waals surface area contributed by atoms with Gasteiger partial charge in [0, 0.05) is 12.3 Å². The summed E-state index contributed by atoms with van der Waals surface area (Å²) in [6, 6.07) is 7.38. The molecule has 4 N–H and O–H groups in total. The van der Waals surface area contributed by atoms with E-state index in [9.17, 15) is 8.42 Å². The van der Waals surface area contributed by atoms with Gasteiger partial charge in [0.2, 0.25) is 10.0 Å². The molecule has 0 fully saturated rings. The van der Waals surface area contributed by atoms with Crippen molar-refractivity contribution in [3.05, 3.63) is 42.7 Å². The lowest BCUT2D eigenvalue weighted by Gasteiger charge is -2.09. The van der Waals surface area contributed by atoms with E-state index in [1.165, 1.54) is 24.4 Å². The second-order valence-corrected chi connectivity index (χ2v) is 5.10. The van der Waals surface area contributed by atoms with Crippen LogP contribution in [0.25, 0.3) is 0 Å². The van der Waals surface area contributed by atoms with Crippen molar-refractivity contribution in [3.63, 3.8) is 0 Å². The Hall–Kier alpha value is -2.12. The summed E-state index contributed by atoms with van der Waals surface area (Å²) in [4.78, 5) is 3.81. The zero-order valence-electron chi connectivity index (χ0n) is 9.28. The Kier molecular flexibility index (Phi) is 3.17. The molecule has 1 aromatic heterocycles. The molecule has 0 spiro atoms. The third-order valence-corrected chi connectivity index (χ3v) is 3.09. The Labute approximate surface area is 104 Å². The Morgan fingerprint density at radius 2 is 2.00 bits per heavy atom. The van der Waals surface area contributed by atoms with Gasteiger partial charge in [0.1, 0.15) is 5.75 Å². The molecule has 18 heavy (non-hydrogen) atoms. The van der Waals surface area contributed by atoms with E-state index in [2.05, 4.69) is 4.98 Å². The van der Waals surface area contributed by atoms with Crippen molar-refractivity contribution in [1.82, 2.24) is 4.98 Å². The zero-order valence-corrected chi connectivity index (χ0v) is 10.1. The molecule has 0 aliphatic rings. The van der Waals surface area contributed by atoms with Crippen molar-refractivity contribution in [2.75, 3.05) is 5.73 Å². The van der Waals surface area contributed by atoms with Crippen LogP contribution in [-0.4, -0.2) is 13.4 Å². The van der Waals surface area contributed by atoms with Gasteiger partial charge < -0.3 is 10.5 Å². The van der Waals surface area contributed by atoms with Gasteiger partial charge in [0.25, 0.3) is 0 Å². The number of primary sulfonamides is 1. The third kappa shape index (κ3) is 2.76. The second kappa shape index (κ2) is 4.63. The molecule has 0 bridgehead atoms. The standard InChI is InChI=1S/C11H11N3O3S/c12-10-4-3-9(18(13,15)16)6-11(10)17-8-2-1-5-14-7-8/h1-7H,12H2,(H2,13,15,16). The molecule has 1 aromatic carbocycles. The summed E-state index contributed by atoms with van der Waals surface area (Å²) in [5, 5.41) is 5.03. The number of benzene rings is 1. The minimum atomic E-state index is -3.79. The van der Waals surface area contributed by atoms with E-state index >= 15 is 0 Å². The molecule has 2 aromatic rings. The summed E-state index contributed by atoms with van der Waals surface area (Å²) >= 11 is 0. The van der Waals surface area contributed by atoms with Gasteiger partial charge in [-0.05, 0) is 24.3 Å². The SMILES string of the molecule is Nc1ccc(S(N)(=O)=O)cc1Oc1cccnc1. The molecule has 7 heteroatoms. The van der Waals surface area contributed by atoms with Gasteiger partial charge in [-0.1, -0.05) is 0 Å². The van der Waals surface area contributed by atoms with Gasteiger partial charge in [-0.15, -0.1) is 0 Å². The van der Waals surface area contributed by atoms with Crippen molar-refractivity contribution in [2.24, 2.45) is 5.14 Å². The summed E-state index contributed by atoms with van der Waals surface area (Å²) in [5.41, 5.74) is 6.01. The zero-order chi connectivity index (χ0) is 13.2. The maximum Gasteiger partial charge on any atom is 0.238 e. The smallest absolute Gasteiger partial charge is 0.238 e. The maximum atomic E-state index is 11.2. The van der Waals surface area contributed by atoms with Crippen LogP contribution in [0.4, 0.5) is 5.69 Å². The van der Waals surface area contributed by atoms with E-state index in [1.54, 1.807) is 18.3 Å². The highest BCUT2D eigenvalue weighted by Gasteiger charge is 2.11. The lowest BCUT2D eigenvalue weighted by Crippen LogP contribution is -2.12. The van der Waals surface area contributed by atoms with Crippen molar-refractivity contribution in [1.29, 1.82) is 0 Å². The molecular weight excluding hydrogens is 254 g/mol. The van der Waals surface area contributed by atoms with Crippen molar-refractivity contribution in [3.8, 4) is 11.5 Å². The third-order valence-electron chi connectivity index (χ3n) is 2.18. The minimum Gasteiger partial charge on any atom is -0.454 e. The van der Waals surface area contributed by atoms with Gasteiger partial charge in [-0.3, -0.25) is 4.98 Å². The Morgan fingerprint density at radius 3 is 2.61 bits per heavy atom. The quantitative estimate of drug-likeness (QED) is 0.808. The fraction of sp³-hybridized carbons (Fsp3) is 0. The molecule has 0 radical (unpaired) electrons. The normalized spacial score (nSPS) is 11.2. The summed E-state index contributed by atoms with van der Waals surface area (Å²) in [5.74, 6) is 0.672. The number of nitrogens with zero attached hydrogens (tertiary/aromatic N) is 1. The number of hydrogen-bond donors (Lipinski definition) is 2. The molecule has 0 aliphatic carbocycles. The maximum absolute atomic E-state index is 11.2. The van der Waals surface area contributed by atoms with E-state index in [4.69, 9.17) is 15.6 Å². The number of nitrogen functional groups attached to an aromatic ring is 1. The predicted molar refractivity (Wildman–Crippen MR) is 66.5 cm³/mol. The first kappa shape index (κ1) is 12.3. The number of aromatic nitrogens is 1. The summed E-state index contributed by atoms with van der Waals surface area (Å²) < 4.78 is 27.9. The van der Waals surface area contributed by atoms with Gasteiger partial charge in [0.15, 0.2) is 5.75 Å². The molecule has 6 nitrogen and oxygen atoms in total. The van der Waals surface area contributed by atoms with Gasteiger partial charge >= 0.3 is 0 Å². The van der Waals surface area contributed by atoms with Crippen molar-refractivity contribution < 1.29 is 13.2 Å². The molecule has 0 saturated heterocycles. The number of rotatable bonds is 3. The molecule has 0 unspecified atom stereocenters. The number of sulfonamides is 1. The van der Waals surface area contributed by atoms with Crippen LogP contribution in [-0.2, 0) is 10.0 Å². The molecule has 94 valence electrons. The second-order valence-electron chi connectivity index (χ2n) is 3.54. The van der Waals surface area contributed by atoms with E-state index in [0.29, 0.717) is 11.4 Å². The first-order valence-electron chi connectivity index (χ1n) is 4.97. The van der Waals surface area contributed by atoms with E-state index in [0.717, 1.165) is 0 Å². The number of hydrogen-bond acceptors (Lipinski definition) is 5. The summed E-state index contributed by atoms with van der Waals surface area (Å²) in [7, 11) is -3.79. The van der Waals surface area contributed by atoms with Crippen LogP contribution in [0.3, 0.4) is 0 Å². The van der Waals surface area contributed by atoms with Crippen LogP contribution < -0.4 is 15.6 Å². The number of pyridine rings is 1. The first-order valence-corrected chi connectivity index (χ1v) is 6.51. The summed E-state index contributed by atoms with van der Waals surface area (Å²) in [6.07, 6.45) is 3.08. The minimum absolute atomic E-state index is 0.0596. The van der Waals surface area contributed by atoms with Crippen molar-refractivity contribution >= 4 is 15.7 Å². The molecule has 1 heterocycles. The molecule has 0 amide bonds. The molecular formula is C11H11N3O3S. The molecule has 0 aliphatic heterocycles. The fourth-order valence-electron chi connectivity index (χ4n) is 1.31. The van der Waals surface area contributed by atoms with Gasteiger partial charge in [-0.2, -0.15) is 0 Å². The Bertz CT molecular complexity index is 656. The first-order chi connectivity index (χ1) is 8.47. The van der Waals surface area contributed by atoms with Crippen LogP contribution >= 0.6 is 0 Å². The molecule has 0 saturated carbocycles. The van der Waals surface area contributed by atoms with E-state index in [-0.39, 0.29) is 10.6 Å². The van der Waals surface area contributed by atoms with Gasteiger partial charge in [0.05, 0.1) is 16.8 Å². The number of ether oxygens (including phenoxy) is 1. The Morgan fingerprint density at radius 1 is 1.22 bits per heavy atom.